The number of amides is 1. The molecule has 0 atom stereocenters. The topological polar surface area (TPSA) is 75.7 Å². The average Bonchev–Trinajstić information content (AvgIpc) is 2.65. The van der Waals surface area contributed by atoms with Crippen molar-refractivity contribution >= 4 is 33.2 Å². The lowest BCUT2D eigenvalue weighted by molar-refractivity contribution is -0.134. The van der Waals surface area contributed by atoms with Gasteiger partial charge in [-0.3, -0.25) is 9.52 Å². The molecule has 1 N–H and O–H groups in total. The van der Waals surface area contributed by atoms with E-state index in [0.717, 1.165) is 5.56 Å². The van der Waals surface area contributed by atoms with Crippen molar-refractivity contribution in [3.8, 4) is 0 Å². The fourth-order valence-corrected chi connectivity index (χ4v) is 4.13. The molecule has 0 saturated carbocycles. The molecule has 0 radical (unpaired) electrons. The fourth-order valence-electron chi connectivity index (χ4n) is 2.81. The summed E-state index contributed by atoms with van der Waals surface area (Å²) in [7, 11) is -3.54. The summed E-state index contributed by atoms with van der Waals surface area (Å²) in [5.41, 5.74) is 1.96. The number of halogens is 1. The van der Waals surface area contributed by atoms with Crippen LogP contribution < -0.4 is 4.72 Å². The first kappa shape index (κ1) is 19.7. The van der Waals surface area contributed by atoms with Gasteiger partial charge in [-0.1, -0.05) is 35.9 Å². The van der Waals surface area contributed by atoms with Crippen LogP contribution in [0.25, 0.3) is 0 Å². The first-order valence-corrected chi connectivity index (χ1v) is 10.6. The van der Waals surface area contributed by atoms with Crippen molar-refractivity contribution in [2.45, 2.75) is 12.2 Å². The smallest absolute Gasteiger partial charge is 0.236 e. The molecule has 144 valence electrons. The second-order valence-electron chi connectivity index (χ2n) is 6.35. The van der Waals surface area contributed by atoms with Crippen molar-refractivity contribution in [2.24, 2.45) is 0 Å². The minimum Gasteiger partial charge on any atom is -0.378 e. The van der Waals surface area contributed by atoms with Crippen LogP contribution in [0, 0.1) is 0 Å². The number of benzene rings is 2. The molecule has 1 aliphatic heterocycles. The van der Waals surface area contributed by atoms with Gasteiger partial charge in [0.2, 0.25) is 15.9 Å². The molecular formula is C19H21ClN2O4S. The molecule has 1 saturated heterocycles. The monoisotopic (exact) mass is 408 g/mol. The van der Waals surface area contributed by atoms with Gasteiger partial charge in [-0.2, -0.15) is 0 Å². The number of nitrogens with one attached hydrogen (secondary N) is 1. The maximum absolute atomic E-state index is 12.3. The van der Waals surface area contributed by atoms with Crippen LogP contribution in [0.1, 0.15) is 11.1 Å². The second kappa shape index (κ2) is 8.73. The summed E-state index contributed by atoms with van der Waals surface area (Å²) in [5.74, 6) is -0.0871. The van der Waals surface area contributed by atoms with Crippen LogP contribution in [-0.2, 0) is 31.7 Å². The van der Waals surface area contributed by atoms with Crippen LogP contribution in [-0.4, -0.2) is 45.5 Å². The van der Waals surface area contributed by atoms with Gasteiger partial charge in [-0.05, 0) is 35.4 Å². The van der Waals surface area contributed by atoms with Crippen LogP contribution in [0.5, 0.6) is 0 Å². The highest BCUT2D eigenvalue weighted by atomic mass is 35.5. The van der Waals surface area contributed by atoms with E-state index < -0.39 is 10.0 Å². The molecule has 8 heteroatoms. The third kappa shape index (κ3) is 5.95. The minimum atomic E-state index is -3.54. The number of morpholine rings is 1. The zero-order valence-electron chi connectivity index (χ0n) is 14.7. The molecular weight excluding hydrogens is 388 g/mol. The number of rotatable bonds is 6. The van der Waals surface area contributed by atoms with Gasteiger partial charge in [-0.15, -0.1) is 0 Å². The molecule has 3 rings (SSSR count). The highest BCUT2D eigenvalue weighted by Gasteiger charge is 2.17. The zero-order valence-corrected chi connectivity index (χ0v) is 16.3. The van der Waals surface area contributed by atoms with Gasteiger partial charge >= 0.3 is 0 Å². The molecule has 27 heavy (non-hydrogen) atoms. The molecule has 0 aliphatic carbocycles. The quantitative estimate of drug-likeness (QED) is 0.797. The summed E-state index contributed by atoms with van der Waals surface area (Å²) in [5, 5.41) is 0.561. The minimum absolute atomic E-state index is 0.0503. The van der Waals surface area contributed by atoms with Gasteiger partial charge in [0.1, 0.15) is 0 Å². The highest BCUT2D eigenvalue weighted by Crippen LogP contribution is 2.16. The van der Waals surface area contributed by atoms with E-state index in [1.807, 2.05) is 0 Å². The van der Waals surface area contributed by atoms with E-state index >= 15 is 0 Å². The van der Waals surface area contributed by atoms with Gasteiger partial charge in [0.25, 0.3) is 0 Å². The Morgan fingerprint density at radius 1 is 1.00 bits per heavy atom. The first-order chi connectivity index (χ1) is 12.9. The maximum Gasteiger partial charge on any atom is 0.236 e. The van der Waals surface area contributed by atoms with Gasteiger partial charge < -0.3 is 9.64 Å². The zero-order chi connectivity index (χ0) is 19.3. The SMILES string of the molecule is O=C(Cc1ccc(NS(=O)(=O)Cc2ccc(Cl)cc2)cc1)N1CCOCC1. The first-order valence-electron chi connectivity index (χ1n) is 8.61. The Hall–Kier alpha value is -2.09. The van der Waals surface area contributed by atoms with Crippen LogP contribution >= 0.6 is 11.6 Å². The van der Waals surface area contributed by atoms with Crippen molar-refractivity contribution < 1.29 is 17.9 Å². The second-order valence-corrected chi connectivity index (χ2v) is 8.51. The lowest BCUT2D eigenvalue weighted by atomic mass is 10.1. The standard InChI is InChI=1S/C19H21ClN2O4S/c20-17-5-1-16(2-6-17)14-27(24,25)21-18-7-3-15(4-8-18)13-19(23)22-9-11-26-12-10-22/h1-8,21H,9-14H2. The van der Waals surface area contributed by atoms with E-state index in [-0.39, 0.29) is 18.1 Å². The van der Waals surface area contributed by atoms with Crippen LogP contribution in [0.2, 0.25) is 5.02 Å². The molecule has 1 fully saturated rings. The predicted molar refractivity (Wildman–Crippen MR) is 105 cm³/mol. The maximum atomic E-state index is 12.3. The molecule has 0 aromatic heterocycles. The molecule has 0 spiro atoms. The summed E-state index contributed by atoms with van der Waals surface area (Å²) in [6, 6.07) is 13.5. The normalized spacial score (nSPS) is 14.8. The van der Waals surface area contributed by atoms with Crippen molar-refractivity contribution in [3.05, 3.63) is 64.7 Å². The summed E-state index contributed by atoms with van der Waals surface area (Å²) in [4.78, 5) is 14.0. The Morgan fingerprint density at radius 3 is 2.22 bits per heavy atom. The Balaban J connectivity index is 1.57. The molecule has 1 heterocycles. The number of carbonyl (C=O) groups excluding carboxylic acids is 1. The molecule has 6 nitrogen and oxygen atoms in total. The molecule has 1 aliphatic rings. The van der Waals surface area contributed by atoms with E-state index in [1.165, 1.54) is 0 Å². The van der Waals surface area contributed by atoms with Gasteiger partial charge in [0, 0.05) is 23.8 Å². The van der Waals surface area contributed by atoms with Crippen LogP contribution in [0.15, 0.2) is 48.5 Å². The Kier molecular flexibility index (Phi) is 6.36. The molecule has 0 bridgehead atoms. The number of hydrogen-bond donors (Lipinski definition) is 1. The van der Waals surface area contributed by atoms with E-state index in [2.05, 4.69) is 4.72 Å². The molecule has 0 unspecified atom stereocenters. The number of ether oxygens (including phenoxy) is 1. The number of nitrogens with zero attached hydrogens (tertiary/aromatic N) is 1. The van der Waals surface area contributed by atoms with Crippen molar-refractivity contribution in [2.75, 3.05) is 31.0 Å². The summed E-state index contributed by atoms with van der Waals surface area (Å²) in [6.07, 6.45) is 0.289. The Labute approximate surface area is 164 Å². The molecule has 2 aromatic carbocycles. The number of carbonyl (C=O) groups is 1. The van der Waals surface area contributed by atoms with E-state index in [4.69, 9.17) is 16.3 Å². The lowest BCUT2D eigenvalue weighted by Crippen LogP contribution is -2.41. The summed E-state index contributed by atoms with van der Waals surface area (Å²) in [6.45, 7) is 2.36. The lowest BCUT2D eigenvalue weighted by Gasteiger charge is -2.26. The van der Waals surface area contributed by atoms with Crippen molar-refractivity contribution in [1.29, 1.82) is 0 Å². The third-order valence-corrected chi connectivity index (χ3v) is 5.73. The van der Waals surface area contributed by atoms with E-state index in [9.17, 15) is 13.2 Å². The largest absolute Gasteiger partial charge is 0.378 e. The number of anilines is 1. The Morgan fingerprint density at radius 2 is 1.59 bits per heavy atom. The number of sulfonamides is 1. The molecule has 1 amide bonds. The van der Waals surface area contributed by atoms with Crippen molar-refractivity contribution in [3.63, 3.8) is 0 Å². The fraction of sp³-hybridized carbons (Fsp3) is 0.316. The van der Waals surface area contributed by atoms with Gasteiger partial charge in [0.05, 0.1) is 25.4 Å². The highest BCUT2D eigenvalue weighted by molar-refractivity contribution is 7.91. The summed E-state index contributed by atoms with van der Waals surface area (Å²) < 4.78 is 32.4. The number of hydrogen-bond acceptors (Lipinski definition) is 4. The third-order valence-electron chi connectivity index (χ3n) is 4.22. The molecule has 2 aromatic rings. The predicted octanol–water partition coefficient (Wildman–Crippen LogP) is 2.68. The van der Waals surface area contributed by atoms with Crippen LogP contribution in [0.3, 0.4) is 0 Å². The average molecular weight is 409 g/mol. The van der Waals surface area contributed by atoms with Gasteiger partial charge in [0.15, 0.2) is 0 Å². The Bertz CT molecular complexity index is 877. The van der Waals surface area contributed by atoms with Gasteiger partial charge in [-0.25, -0.2) is 8.42 Å². The summed E-state index contributed by atoms with van der Waals surface area (Å²) >= 11 is 5.81. The van der Waals surface area contributed by atoms with Crippen molar-refractivity contribution in [1.82, 2.24) is 4.90 Å². The van der Waals surface area contributed by atoms with E-state index in [0.29, 0.717) is 42.6 Å². The van der Waals surface area contributed by atoms with Crippen LogP contribution in [0.4, 0.5) is 5.69 Å². The van der Waals surface area contributed by atoms with E-state index in [1.54, 1.807) is 53.4 Å².